The number of hydrogen-bond acceptors (Lipinski definition) is 7. The zero-order valence-electron chi connectivity index (χ0n) is 21.2. The van der Waals surface area contributed by atoms with E-state index in [-0.39, 0.29) is 5.91 Å². The maximum atomic E-state index is 13.3. The Bertz CT molecular complexity index is 1460. The molecule has 0 fully saturated rings. The fourth-order valence-corrected chi connectivity index (χ4v) is 4.28. The Morgan fingerprint density at radius 1 is 0.784 bits per heavy atom. The molecule has 3 aromatic carbocycles. The SMILES string of the molecule is COc1cc(Cc2nccc3cc(OC)c(OC)cc23)c(NC(=O)c2cc(Cl)ccc2OC)cc1OC. The molecule has 0 aliphatic carbocycles. The molecule has 1 N–H and O–H groups in total. The van der Waals surface area contributed by atoms with Crippen molar-refractivity contribution in [1.82, 2.24) is 4.98 Å². The Morgan fingerprint density at radius 2 is 1.41 bits per heavy atom. The monoisotopic (exact) mass is 522 g/mol. The number of ether oxygens (including phenoxy) is 5. The van der Waals surface area contributed by atoms with Gasteiger partial charge < -0.3 is 29.0 Å². The van der Waals surface area contributed by atoms with Crippen LogP contribution in [0.2, 0.25) is 5.02 Å². The minimum absolute atomic E-state index is 0.302. The largest absolute Gasteiger partial charge is 0.496 e. The predicted octanol–water partition coefficient (Wildman–Crippen LogP) is 5.77. The fraction of sp³-hybridized carbons (Fsp3) is 0.214. The number of hydrogen-bond donors (Lipinski definition) is 1. The summed E-state index contributed by atoms with van der Waals surface area (Å²) in [7, 11) is 7.78. The molecule has 4 rings (SSSR count). The van der Waals surface area contributed by atoms with Gasteiger partial charge in [-0.1, -0.05) is 11.6 Å². The van der Waals surface area contributed by atoms with Crippen LogP contribution in [0.3, 0.4) is 0 Å². The van der Waals surface area contributed by atoms with E-state index >= 15 is 0 Å². The van der Waals surface area contributed by atoms with E-state index in [9.17, 15) is 4.79 Å². The molecular weight excluding hydrogens is 496 g/mol. The molecule has 0 aliphatic heterocycles. The second-order valence-electron chi connectivity index (χ2n) is 8.03. The van der Waals surface area contributed by atoms with Crippen LogP contribution in [0, 0.1) is 0 Å². The molecule has 8 nitrogen and oxygen atoms in total. The van der Waals surface area contributed by atoms with E-state index in [1.54, 1.807) is 51.8 Å². The number of nitrogens with one attached hydrogen (secondary N) is 1. The summed E-state index contributed by atoms with van der Waals surface area (Å²) in [4.78, 5) is 17.9. The summed E-state index contributed by atoms with van der Waals surface area (Å²) in [6.07, 6.45) is 2.12. The first-order chi connectivity index (χ1) is 17.9. The van der Waals surface area contributed by atoms with Gasteiger partial charge in [0.2, 0.25) is 0 Å². The maximum Gasteiger partial charge on any atom is 0.259 e. The Labute approximate surface area is 220 Å². The van der Waals surface area contributed by atoms with E-state index in [0.29, 0.717) is 51.4 Å². The van der Waals surface area contributed by atoms with Crippen LogP contribution in [-0.4, -0.2) is 46.4 Å². The van der Waals surface area contributed by atoms with Gasteiger partial charge in [-0.05, 0) is 53.4 Å². The van der Waals surface area contributed by atoms with Gasteiger partial charge in [-0.2, -0.15) is 0 Å². The van der Waals surface area contributed by atoms with Gasteiger partial charge in [0.1, 0.15) is 5.75 Å². The van der Waals surface area contributed by atoms with Crippen LogP contribution in [0.15, 0.2) is 54.7 Å². The van der Waals surface area contributed by atoms with Crippen molar-refractivity contribution < 1.29 is 28.5 Å². The molecule has 192 valence electrons. The van der Waals surface area contributed by atoms with Crippen LogP contribution in [0.5, 0.6) is 28.7 Å². The lowest BCUT2D eigenvalue weighted by molar-refractivity contribution is 0.102. The number of carbonyl (C=O) groups excluding carboxylic acids is 1. The number of amides is 1. The van der Waals surface area contributed by atoms with E-state index in [1.165, 1.54) is 14.2 Å². The molecule has 1 heterocycles. The summed E-state index contributed by atoms with van der Waals surface area (Å²) >= 11 is 6.15. The molecule has 9 heteroatoms. The van der Waals surface area contributed by atoms with Crippen molar-refractivity contribution in [3.8, 4) is 28.7 Å². The van der Waals surface area contributed by atoms with Gasteiger partial charge in [-0.3, -0.25) is 9.78 Å². The van der Waals surface area contributed by atoms with Crippen molar-refractivity contribution in [3.05, 3.63) is 76.6 Å². The molecule has 0 spiro atoms. The lowest BCUT2D eigenvalue weighted by Crippen LogP contribution is -2.15. The van der Waals surface area contributed by atoms with Gasteiger partial charge in [0.25, 0.3) is 5.91 Å². The Morgan fingerprint density at radius 3 is 2.08 bits per heavy atom. The molecule has 37 heavy (non-hydrogen) atoms. The number of fused-ring (bicyclic) bond motifs is 1. The maximum absolute atomic E-state index is 13.3. The molecule has 4 aromatic rings. The van der Waals surface area contributed by atoms with Crippen LogP contribution in [-0.2, 0) is 6.42 Å². The van der Waals surface area contributed by atoms with Gasteiger partial charge >= 0.3 is 0 Å². The molecule has 0 radical (unpaired) electrons. The van der Waals surface area contributed by atoms with Crippen molar-refractivity contribution in [2.24, 2.45) is 0 Å². The zero-order valence-corrected chi connectivity index (χ0v) is 21.9. The Balaban J connectivity index is 1.80. The number of carbonyl (C=O) groups is 1. The summed E-state index contributed by atoms with van der Waals surface area (Å²) in [6, 6.07) is 14.1. The normalized spacial score (nSPS) is 10.6. The van der Waals surface area contributed by atoms with Gasteiger partial charge in [-0.15, -0.1) is 0 Å². The molecule has 1 amide bonds. The highest BCUT2D eigenvalue weighted by molar-refractivity contribution is 6.31. The van der Waals surface area contributed by atoms with Crippen LogP contribution in [0.25, 0.3) is 10.8 Å². The topological polar surface area (TPSA) is 88.1 Å². The number of anilines is 1. The molecule has 0 unspecified atom stereocenters. The van der Waals surface area contributed by atoms with Gasteiger partial charge in [0, 0.05) is 34.8 Å². The number of benzene rings is 3. The first-order valence-corrected chi connectivity index (χ1v) is 11.7. The highest BCUT2D eigenvalue weighted by Crippen LogP contribution is 2.37. The van der Waals surface area contributed by atoms with E-state index < -0.39 is 0 Å². The van der Waals surface area contributed by atoms with Crippen LogP contribution in [0.4, 0.5) is 5.69 Å². The standard InChI is InChI=1S/C28H27ClN2O6/c1-33-23-7-6-18(29)13-20(23)28(32)31-21-15-27(37-5)25(35-3)12-17(21)10-22-19-14-26(36-4)24(34-2)11-16(19)8-9-30-22/h6-9,11-15H,10H2,1-5H3,(H,31,32). The van der Waals surface area contributed by atoms with Gasteiger partial charge in [0.15, 0.2) is 23.0 Å². The van der Waals surface area contributed by atoms with Crippen molar-refractivity contribution in [2.45, 2.75) is 6.42 Å². The van der Waals surface area contributed by atoms with E-state index in [0.717, 1.165) is 22.0 Å². The third kappa shape index (κ3) is 5.34. The zero-order chi connectivity index (χ0) is 26.5. The molecule has 0 saturated carbocycles. The summed E-state index contributed by atoms with van der Waals surface area (Å²) < 4.78 is 27.3. The number of aromatic nitrogens is 1. The summed E-state index contributed by atoms with van der Waals surface area (Å²) in [6.45, 7) is 0. The van der Waals surface area contributed by atoms with Crippen molar-refractivity contribution in [3.63, 3.8) is 0 Å². The first kappa shape index (κ1) is 25.9. The molecular formula is C28H27ClN2O6. The highest BCUT2D eigenvalue weighted by atomic mass is 35.5. The highest BCUT2D eigenvalue weighted by Gasteiger charge is 2.19. The second kappa shape index (κ2) is 11.3. The van der Waals surface area contributed by atoms with E-state index in [4.69, 9.17) is 35.3 Å². The van der Waals surface area contributed by atoms with Gasteiger partial charge in [0.05, 0.1) is 46.8 Å². The average molecular weight is 523 g/mol. The quantitative estimate of drug-likeness (QED) is 0.298. The minimum atomic E-state index is -0.384. The van der Waals surface area contributed by atoms with Crippen LogP contribution < -0.4 is 29.0 Å². The average Bonchev–Trinajstić information content (AvgIpc) is 2.92. The second-order valence-corrected chi connectivity index (χ2v) is 8.46. The summed E-state index contributed by atoms with van der Waals surface area (Å²) in [5.41, 5.74) is 2.38. The molecule has 0 aliphatic rings. The number of pyridine rings is 1. The molecule has 0 saturated heterocycles. The Hall–Kier alpha value is -4.17. The van der Waals surface area contributed by atoms with Crippen LogP contribution in [0.1, 0.15) is 21.6 Å². The number of halogens is 1. The lowest BCUT2D eigenvalue weighted by atomic mass is 10.0. The number of nitrogens with zero attached hydrogens (tertiary/aromatic N) is 1. The minimum Gasteiger partial charge on any atom is -0.496 e. The smallest absolute Gasteiger partial charge is 0.259 e. The van der Waals surface area contributed by atoms with Gasteiger partial charge in [-0.25, -0.2) is 0 Å². The van der Waals surface area contributed by atoms with E-state index in [2.05, 4.69) is 10.3 Å². The van der Waals surface area contributed by atoms with E-state index in [1.807, 2.05) is 24.3 Å². The summed E-state index contributed by atoms with van der Waals surface area (Å²) in [5, 5.41) is 5.23. The van der Waals surface area contributed by atoms with Crippen molar-refractivity contribution >= 4 is 34.0 Å². The molecule has 0 atom stereocenters. The van der Waals surface area contributed by atoms with Crippen molar-refractivity contribution in [2.75, 3.05) is 40.9 Å². The number of methoxy groups -OCH3 is 5. The Kier molecular flexibility index (Phi) is 7.89. The fourth-order valence-electron chi connectivity index (χ4n) is 4.11. The number of rotatable bonds is 9. The first-order valence-electron chi connectivity index (χ1n) is 11.3. The third-order valence-electron chi connectivity index (χ3n) is 5.97. The third-order valence-corrected chi connectivity index (χ3v) is 6.21. The summed E-state index contributed by atoms with van der Waals surface area (Å²) in [5.74, 6) is 2.23. The molecule has 0 bridgehead atoms. The molecule has 1 aromatic heterocycles. The predicted molar refractivity (Wildman–Crippen MR) is 143 cm³/mol. The van der Waals surface area contributed by atoms with Crippen LogP contribution >= 0.6 is 11.6 Å². The van der Waals surface area contributed by atoms with Crippen molar-refractivity contribution in [1.29, 1.82) is 0 Å². The lowest BCUT2D eigenvalue weighted by Gasteiger charge is -2.17.